The molecular formula is C26H27FN6O4S. The predicted molar refractivity (Wildman–Crippen MR) is 140 cm³/mol. The third-order valence-electron chi connectivity index (χ3n) is 6.03. The summed E-state index contributed by atoms with van der Waals surface area (Å²) in [5, 5.41) is 16.9. The molecule has 1 aromatic carbocycles. The number of thiophene rings is 1. The van der Waals surface area contributed by atoms with Crippen molar-refractivity contribution in [2.75, 3.05) is 31.7 Å². The number of aromatic amines is 1. The lowest BCUT2D eigenvalue weighted by Gasteiger charge is -2.35. The number of aliphatic hydroxyl groups is 1. The number of aliphatic hydroxyl groups excluding tert-OH is 1. The minimum atomic E-state index is -0.906. The smallest absolute Gasteiger partial charge is 0.230 e. The molecule has 1 fully saturated rings. The van der Waals surface area contributed by atoms with Gasteiger partial charge in [0.25, 0.3) is 0 Å². The molecule has 0 saturated carbocycles. The van der Waals surface area contributed by atoms with Gasteiger partial charge in [-0.15, -0.1) is 11.3 Å². The second kappa shape index (κ2) is 11.4. The lowest BCUT2D eigenvalue weighted by atomic mass is 9.91. The van der Waals surface area contributed by atoms with Crippen molar-refractivity contribution in [3.8, 4) is 22.6 Å². The second-order valence-electron chi connectivity index (χ2n) is 9.05. The summed E-state index contributed by atoms with van der Waals surface area (Å²) in [5.74, 6) is 0.224. The van der Waals surface area contributed by atoms with Gasteiger partial charge in [-0.1, -0.05) is 6.07 Å². The standard InChI is InChI=1S/C26H27FN6O4S/c1-26(24(35)28-10-11-34)14-36-23(37-15-26)22-32-20(16-4-6-17(27)7-5-16)21(33-22)19-8-9-29-25(31-19)30-13-18-3-2-12-38-18/h2-9,12,23,34H,10-11,13-15H2,1H3,(H,28,35)(H,32,33)(H,29,30,31). The minimum Gasteiger partial charge on any atom is -0.395 e. The Morgan fingerprint density at radius 1 is 1.21 bits per heavy atom. The van der Waals surface area contributed by atoms with E-state index in [-0.39, 0.29) is 38.1 Å². The summed E-state index contributed by atoms with van der Waals surface area (Å²) in [5.41, 5.74) is 1.49. The minimum absolute atomic E-state index is 0.0984. The number of amides is 1. The summed E-state index contributed by atoms with van der Waals surface area (Å²) >= 11 is 1.64. The lowest BCUT2D eigenvalue weighted by molar-refractivity contribution is -0.231. The van der Waals surface area contributed by atoms with Crippen LogP contribution in [0, 0.1) is 11.2 Å². The van der Waals surface area contributed by atoms with Crippen molar-refractivity contribution in [2.45, 2.75) is 19.8 Å². The van der Waals surface area contributed by atoms with E-state index in [2.05, 4.69) is 25.6 Å². The summed E-state index contributed by atoms with van der Waals surface area (Å²) in [6.45, 7) is 2.53. The number of carbonyl (C=O) groups excluding carboxylic acids is 1. The second-order valence-corrected chi connectivity index (χ2v) is 10.1. The number of ether oxygens (including phenoxy) is 2. The zero-order valence-electron chi connectivity index (χ0n) is 20.6. The van der Waals surface area contributed by atoms with Crippen molar-refractivity contribution in [1.82, 2.24) is 25.3 Å². The number of halogens is 1. The van der Waals surface area contributed by atoms with Crippen molar-refractivity contribution in [3.05, 3.63) is 70.6 Å². The number of nitrogens with one attached hydrogen (secondary N) is 3. The molecule has 0 bridgehead atoms. The molecule has 0 atom stereocenters. The van der Waals surface area contributed by atoms with Crippen molar-refractivity contribution in [2.24, 2.45) is 5.41 Å². The molecule has 4 heterocycles. The van der Waals surface area contributed by atoms with Gasteiger partial charge in [0, 0.05) is 23.2 Å². The molecule has 0 unspecified atom stereocenters. The SMILES string of the molecule is CC1(C(=O)NCCO)COC(c2nc(-c3ccc(F)cc3)c(-c3ccnc(NCc4cccs4)n3)[nH]2)OC1. The van der Waals surface area contributed by atoms with Crippen LogP contribution in [0.3, 0.4) is 0 Å². The summed E-state index contributed by atoms with van der Waals surface area (Å²) in [4.78, 5) is 30.6. The van der Waals surface area contributed by atoms with Crippen LogP contribution in [0.1, 0.15) is 23.9 Å². The Balaban J connectivity index is 1.41. The maximum absolute atomic E-state index is 13.6. The van der Waals surface area contributed by atoms with Gasteiger partial charge in [-0.3, -0.25) is 4.79 Å². The average Bonchev–Trinajstić information content (AvgIpc) is 3.62. The van der Waals surface area contributed by atoms with E-state index in [1.807, 2.05) is 17.5 Å². The van der Waals surface area contributed by atoms with Crippen molar-refractivity contribution >= 4 is 23.2 Å². The summed E-state index contributed by atoms with van der Waals surface area (Å²) in [7, 11) is 0. The maximum Gasteiger partial charge on any atom is 0.230 e. The van der Waals surface area contributed by atoms with Crippen LogP contribution >= 0.6 is 11.3 Å². The van der Waals surface area contributed by atoms with Crippen LogP contribution in [0.5, 0.6) is 0 Å². The maximum atomic E-state index is 13.6. The van der Waals surface area contributed by atoms with E-state index in [0.29, 0.717) is 41.0 Å². The van der Waals surface area contributed by atoms with Crippen LogP contribution in [0.2, 0.25) is 0 Å². The van der Waals surface area contributed by atoms with Gasteiger partial charge < -0.3 is 30.2 Å². The topological polar surface area (TPSA) is 134 Å². The van der Waals surface area contributed by atoms with Gasteiger partial charge >= 0.3 is 0 Å². The Kier molecular flexibility index (Phi) is 7.74. The Hall–Kier alpha value is -3.71. The predicted octanol–water partition coefficient (Wildman–Crippen LogP) is 3.51. The number of aromatic nitrogens is 4. The molecule has 3 aromatic heterocycles. The Bertz CT molecular complexity index is 1370. The van der Waals surface area contributed by atoms with Crippen LogP contribution in [0.4, 0.5) is 10.3 Å². The van der Waals surface area contributed by atoms with Gasteiger partial charge in [0.05, 0.1) is 48.9 Å². The molecule has 4 aromatic rings. The fourth-order valence-electron chi connectivity index (χ4n) is 3.95. The fraction of sp³-hybridized carbons (Fsp3) is 0.308. The zero-order valence-corrected chi connectivity index (χ0v) is 21.4. The monoisotopic (exact) mass is 538 g/mol. The largest absolute Gasteiger partial charge is 0.395 e. The number of hydrogen-bond donors (Lipinski definition) is 4. The molecule has 1 aliphatic rings. The summed E-state index contributed by atoms with van der Waals surface area (Å²) in [6, 6.07) is 11.8. The molecule has 0 radical (unpaired) electrons. The Labute approximate surface area is 222 Å². The number of imidazole rings is 1. The number of rotatable bonds is 9. The van der Waals surface area contributed by atoms with Crippen LogP contribution in [0.15, 0.2) is 54.0 Å². The highest BCUT2D eigenvalue weighted by Crippen LogP contribution is 2.35. The molecule has 5 rings (SSSR count). The molecule has 0 spiro atoms. The first-order valence-electron chi connectivity index (χ1n) is 12.0. The summed E-state index contributed by atoms with van der Waals surface area (Å²) < 4.78 is 25.4. The van der Waals surface area contributed by atoms with E-state index >= 15 is 0 Å². The normalized spacial score (nSPS) is 19.3. The zero-order chi connectivity index (χ0) is 26.5. The van der Waals surface area contributed by atoms with Crippen LogP contribution in [0.25, 0.3) is 22.6 Å². The van der Waals surface area contributed by atoms with E-state index in [0.717, 1.165) is 4.88 Å². The first-order valence-corrected chi connectivity index (χ1v) is 12.9. The van der Waals surface area contributed by atoms with E-state index in [9.17, 15) is 9.18 Å². The molecule has 4 N–H and O–H groups in total. The van der Waals surface area contributed by atoms with Gasteiger partial charge in [-0.2, -0.15) is 0 Å². The molecule has 12 heteroatoms. The third-order valence-corrected chi connectivity index (χ3v) is 6.90. The van der Waals surface area contributed by atoms with Gasteiger partial charge in [0.15, 0.2) is 5.82 Å². The summed E-state index contributed by atoms with van der Waals surface area (Å²) in [6.07, 6.45) is 0.804. The van der Waals surface area contributed by atoms with Crippen molar-refractivity contribution in [1.29, 1.82) is 0 Å². The molecule has 0 aliphatic carbocycles. The quantitative estimate of drug-likeness (QED) is 0.254. The van der Waals surface area contributed by atoms with Gasteiger partial charge in [0.1, 0.15) is 5.82 Å². The first-order chi connectivity index (χ1) is 18.4. The van der Waals surface area contributed by atoms with Crippen LogP contribution in [-0.2, 0) is 20.8 Å². The third kappa shape index (κ3) is 5.73. The van der Waals surface area contributed by atoms with Gasteiger partial charge in [-0.05, 0) is 48.7 Å². The number of benzene rings is 1. The van der Waals surface area contributed by atoms with E-state index in [1.54, 1.807) is 42.7 Å². The number of nitrogens with zero attached hydrogens (tertiary/aromatic N) is 3. The number of anilines is 1. The number of hydrogen-bond acceptors (Lipinski definition) is 9. The fourth-order valence-corrected chi connectivity index (χ4v) is 4.59. The molecular weight excluding hydrogens is 511 g/mol. The van der Waals surface area contributed by atoms with Crippen LogP contribution in [-0.4, -0.2) is 57.3 Å². The first kappa shape index (κ1) is 25.9. The molecule has 1 saturated heterocycles. The van der Waals surface area contributed by atoms with E-state index < -0.39 is 11.7 Å². The van der Waals surface area contributed by atoms with E-state index in [4.69, 9.17) is 19.6 Å². The van der Waals surface area contributed by atoms with Crippen LogP contribution < -0.4 is 10.6 Å². The highest BCUT2D eigenvalue weighted by Gasteiger charge is 2.40. The lowest BCUT2D eigenvalue weighted by Crippen LogP contribution is -2.49. The van der Waals surface area contributed by atoms with Crippen molar-refractivity contribution in [3.63, 3.8) is 0 Å². The highest BCUT2D eigenvalue weighted by molar-refractivity contribution is 7.09. The number of carbonyl (C=O) groups is 1. The van der Waals surface area contributed by atoms with Crippen molar-refractivity contribution < 1.29 is 23.8 Å². The molecule has 1 aliphatic heterocycles. The Morgan fingerprint density at radius 3 is 2.71 bits per heavy atom. The average molecular weight is 539 g/mol. The molecule has 1 amide bonds. The molecule has 198 valence electrons. The van der Waals surface area contributed by atoms with Gasteiger partial charge in [-0.25, -0.2) is 19.3 Å². The molecule has 38 heavy (non-hydrogen) atoms. The number of H-pyrrole nitrogens is 1. The molecule has 10 nitrogen and oxygen atoms in total. The Morgan fingerprint density at radius 2 is 2.00 bits per heavy atom. The van der Waals surface area contributed by atoms with E-state index in [1.165, 1.54) is 12.1 Å². The highest BCUT2D eigenvalue weighted by atomic mass is 32.1. The van der Waals surface area contributed by atoms with Gasteiger partial charge in [0.2, 0.25) is 18.1 Å².